The van der Waals surface area contributed by atoms with E-state index in [1.165, 1.54) is 6.07 Å². The number of amides is 1. The molecule has 0 aliphatic rings. The van der Waals surface area contributed by atoms with Gasteiger partial charge in [0.15, 0.2) is 12.4 Å². The lowest BCUT2D eigenvalue weighted by atomic mass is 10.0. The van der Waals surface area contributed by atoms with Crippen LogP contribution in [0.5, 0.6) is 5.75 Å². The van der Waals surface area contributed by atoms with Crippen LogP contribution in [-0.4, -0.2) is 18.3 Å². The van der Waals surface area contributed by atoms with Crippen LogP contribution in [0.2, 0.25) is 10.0 Å². The van der Waals surface area contributed by atoms with Gasteiger partial charge in [0.2, 0.25) is 0 Å². The number of nitrogens with one attached hydrogen (secondary N) is 1. The molecule has 0 aliphatic heterocycles. The van der Waals surface area contributed by atoms with Crippen LogP contribution in [0.4, 0.5) is 5.69 Å². The van der Waals surface area contributed by atoms with E-state index in [4.69, 9.17) is 27.9 Å². The molecule has 0 unspecified atom stereocenters. The second kappa shape index (κ2) is 9.12. The molecule has 3 aromatic rings. The molecule has 0 aliphatic carbocycles. The first kappa shape index (κ1) is 20.9. The van der Waals surface area contributed by atoms with Crippen LogP contribution in [0, 0.1) is 13.8 Å². The van der Waals surface area contributed by atoms with E-state index in [-0.39, 0.29) is 12.4 Å². The van der Waals surface area contributed by atoms with E-state index < -0.39 is 5.91 Å². The maximum Gasteiger partial charge on any atom is 0.262 e. The minimum atomic E-state index is -0.412. The molecule has 0 bridgehead atoms. The Hall–Kier alpha value is -2.82. The van der Waals surface area contributed by atoms with Crippen LogP contribution in [0.25, 0.3) is 0 Å². The summed E-state index contributed by atoms with van der Waals surface area (Å²) in [6, 6.07) is 17.2. The molecule has 1 amide bonds. The van der Waals surface area contributed by atoms with Gasteiger partial charge in [-0.05, 0) is 49.2 Å². The normalized spacial score (nSPS) is 10.5. The number of hydrogen-bond donors (Lipinski definition) is 1. The van der Waals surface area contributed by atoms with Gasteiger partial charge in [0.05, 0.1) is 10.7 Å². The molecule has 0 aromatic heterocycles. The number of carbonyl (C=O) groups is 2. The highest BCUT2D eigenvalue weighted by atomic mass is 35.5. The van der Waals surface area contributed by atoms with Crippen molar-refractivity contribution in [2.24, 2.45) is 0 Å². The van der Waals surface area contributed by atoms with E-state index in [1.807, 2.05) is 26.0 Å². The number of anilines is 1. The Bertz CT molecular complexity index is 1040. The van der Waals surface area contributed by atoms with Crippen LogP contribution in [0.15, 0.2) is 60.7 Å². The molecule has 0 heterocycles. The Balaban J connectivity index is 1.77. The summed E-state index contributed by atoms with van der Waals surface area (Å²) in [5, 5.41) is 3.57. The van der Waals surface area contributed by atoms with Crippen molar-refractivity contribution in [2.75, 3.05) is 11.9 Å². The van der Waals surface area contributed by atoms with Crippen molar-refractivity contribution in [3.05, 3.63) is 93.0 Å². The number of carbonyl (C=O) groups excluding carboxylic acids is 2. The third-order valence-electron chi connectivity index (χ3n) is 4.26. The second-order valence-corrected chi connectivity index (χ2v) is 7.46. The topological polar surface area (TPSA) is 55.4 Å². The quantitative estimate of drug-likeness (QED) is 0.501. The van der Waals surface area contributed by atoms with Crippen LogP contribution >= 0.6 is 23.2 Å². The highest BCUT2D eigenvalue weighted by Gasteiger charge is 2.17. The Morgan fingerprint density at radius 1 is 0.966 bits per heavy atom. The monoisotopic (exact) mass is 427 g/mol. The lowest BCUT2D eigenvalue weighted by Crippen LogP contribution is -2.22. The fraction of sp³-hybridized carbons (Fsp3) is 0.130. The lowest BCUT2D eigenvalue weighted by molar-refractivity contribution is -0.118. The van der Waals surface area contributed by atoms with Gasteiger partial charge in [-0.2, -0.15) is 0 Å². The molecule has 0 spiro atoms. The Morgan fingerprint density at radius 3 is 2.38 bits per heavy atom. The summed E-state index contributed by atoms with van der Waals surface area (Å²) in [6.45, 7) is 3.55. The average Bonchev–Trinajstić information content (AvgIpc) is 2.68. The second-order valence-electron chi connectivity index (χ2n) is 6.61. The van der Waals surface area contributed by atoms with Gasteiger partial charge in [-0.1, -0.05) is 59.6 Å². The molecule has 29 heavy (non-hydrogen) atoms. The molecule has 3 rings (SSSR count). The molecule has 0 saturated carbocycles. The fourth-order valence-electron chi connectivity index (χ4n) is 2.97. The van der Waals surface area contributed by atoms with Gasteiger partial charge in [-0.3, -0.25) is 9.59 Å². The first-order valence-corrected chi connectivity index (χ1v) is 9.69. The predicted octanol–water partition coefficient (Wildman–Crippen LogP) is 5.86. The minimum absolute atomic E-state index is 0.234. The van der Waals surface area contributed by atoms with E-state index >= 15 is 0 Å². The van der Waals surface area contributed by atoms with E-state index in [0.29, 0.717) is 32.6 Å². The molecule has 4 nitrogen and oxygen atoms in total. The van der Waals surface area contributed by atoms with Gasteiger partial charge in [0.25, 0.3) is 5.91 Å². The number of hydrogen-bond acceptors (Lipinski definition) is 3. The number of benzene rings is 3. The molecule has 0 fully saturated rings. The molecular formula is C23H19Cl2NO3. The summed E-state index contributed by atoms with van der Waals surface area (Å²) in [7, 11) is 0. The summed E-state index contributed by atoms with van der Waals surface area (Å²) in [6.07, 6.45) is 0. The maximum absolute atomic E-state index is 12.8. The number of ether oxygens (including phenoxy) is 1. The van der Waals surface area contributed by atoms with Gasteiger partial charge < -0.3 is 10.1 Å². The maximum atomic E-state index is 12.8. The standard InChI is InChI=1S/C23H19Cl2NO3/c1-14-10-15(2)23(19(25)11-14)29-13-21(27)26-20-9-8-17(24)12-18(20)22(28)16-6-4-3-5-7-16/h3-12H,13H2,1-2H3,(H,26,27). The number of ketones is 1. The molecule has 0 atom stereocenters. The van der Waals surface area contributed by atoms with Crippen molar-refractivity contribution in [1.29, 1.82) is 0 Å². The van der Waals surface area contributed by atoms with Gasteiger partial charge in [0, 0.05) is 16.1 Å². The molecular weight excluding hydrogens is 409 g/mol. The van der Waals surface area contributed by atoms with Crippen molar-refractivity contribution < 1.29 is 14.3 Å². The van der Waals surface area contributed by atoms with E-state index in [0.717, 1.165) is 11.1 Å². The van der Waals surface area contributed by atoms with Crippen LogP contribution in [-0.2, 0) is 4.79 Å². The van der Waals surface area contributed by atoms with Crippen LogP contribution in [0.3, 0.4) is 0 Å². The first-order chi connectivity index (χ1) is 13.8. The predicted molar refractivity (Wildman–Crippen MR) is 116 cm³/mol. The summed E-state index contributed by atoms with van der Waals surface area (Å²) >= 11 is 12.3. The Labute approximate surface area is 179 Å². The largest absolute Gasteiger partial charge is 0.482 e. The minimum Gasteiger partial charge on any atom is -0.482 e. The van der Waals surface area contributed by atoms with E-state index in [9.17, 15) is 9.59 Å². The average molecular weight is 428 g/mol. The summed E-state index contributed by atoms with van der Waals surface area (Å²) in [5.41, 5.74) is 3.03. The van der Waals surface area contributed by atoms with Gasteiger partial charge in [-0.15, -0.1) is 0 Å². The summed E-state index contributed by atoms with van der Waals surface area (Å²) in [4.78, 5) is 25.3. The highest BCUT2D eigenvalue weighted by molar-refractivity contribution is 6.32. The third-order valence-corrected chi connectivity index (χ3v) is 4.77. The zero-order chi connectivity index (χ0) is 21.0. The molecule has 6 heteroatoms. The molecule has 1 N–H and O–H groups in total. The van der Waals surface area contributed by atoms with Crippen molar-refractivity contribution in [3.63, 3.8) is 0 Å². The van der Waals surface area contributed by atoms with E-state index in [2.05, 4.69) is 5.32 Å². The first-order valence-electron chi connectivity index (χ1n) is 8.94. The Morgan fingerprint density at radius 2 is 1.69 bits per heavy atom. The third kappa shape index (κ3) is 5.17. The van der Waals surface area contributed by atoms with E-state index in [1.54, 1.807) is 42.5 Å². The van der Waals surface area contributed by atoms with Crippen molar-refractivity contribution >= 4 is 40.6 Å². The number of halogens is 2. The van der Waals surface area contributed by atoms with Crippen LogP contribution in [0.1, 0.15) is 27.0 Å². The molecule has 3 aromatic carbocycles. The lowest BCUT2D eigenvalue weighted by Gasteiger charge is -2.14. The van der Waals surface area contributed by atoms with Gasteiger partial charge in [0.1, 0.15) is 5.75 Å². The zero-order valence-electron chi connectivity index (χ0n) is 16.0. The SMILES string of the molecule is Cc1cc(C)c(OCC(=O)Nc2ccc(Cl)cc2C(=O)c2ccccc2)c(Cl)c1. The Kier molecular flexibility index (Phi) is 6.57. The summed E-state index contributed by atoms with van der Waals surface area (Å²) in [5.74, 6) is -0.184. The molecule has 148 valence electrons. The number of aryl methyl sites for hydroxylation is 2. The number of rotatable bonds is 6. The fourth-order valence-corrected chi connectivity index (χ4v) is 3.52. The van der Waals surface area contributed by atoms with Crippen molar-refractivity contribution in [1.82, 2.24) is 0 Å². The molecule has 0 saturated heterocycles. The van der Waals surface area contributed by atoms with Crippen LogP contribution < -0.4 is 10.1 Å². The van der Waals surface area contributed by atoms with Crippen molar-refractivity contribution in [2.45, 2.75) is 13.8 Å². The van der Waals surface area contributed by atoms with Gasteiger partial charge in [-0.25, -0.2) is 0 Å². The van der Waals surface area contributed by atoms with Gasteiger partial charge >= 0.3 is 0 Å². The van der Waals surface area contributed by atoms with Crippen molar-refractivity contribution in [3.8, 4) is 5.75 Å². The highest BCUT2D eigenvalue weighted by Crippen LogP contribution is 2.30. The smallest absolute Gasteiger partial charge is 0.262 e. The zero-order valence-corrected chi connectivity index (χ0v) is 17.5. The molecule has 0 radical (unpaired) electrons. The summed E-state index contributed by atoms with van der Waals surface area (Å²) < 4.78 is 5.61.